The molecule has 7 nitrogen and oxygen atoms in total. The normalized spacial score (nSPS) is 15.4. The minimum atomic E-state index is -0.683. The number of nitrogens with zero attached hydrogens (tertiary/aromatic N) is 1. The number of rotatable bonds is 6. The quantitative estimate of drug-likeness (QED) is 0.581. The first-order valence-corrected chi connectivity index (χ1v) is 11.2. The molecule has 1 heterocycles. The van der Waals surface area contributed by atoms with Crippen LogP contribution >= 0.6 is 0 Å². The second-order valence-electron chi connectivity index (χ2n) is 8.49. The molecule has 32 heavy (non-hydrogen) atoms. The molecule has 0 saturated heterocycles. The number of carbonyl (C=O) groups is 1. The number of aromatic amines is 1. The van der Waals surface area contributed by atoms with Crippen molar-refractivity contribution in [1.29, 1.82) is 0 Å². The lowest BCUT2D eigenvalue weighted by molar-refractivity contribution is 0.0936. The summed E-state index contributed by atoms with van der Waals surface area (Å²) in [7, 11) is 1.66. The molecule has 1 aromatic heterocycles. The summed E-state index contributed by atoms with van der Waals surface area (Å²) in [5.74, 6) is 0.625. The molecule has 0 aliphatic heterocycles. The predicted molar refractivity (Wildman–Crippen MR) is 125 cm³/mol. The van der Waals surface area contributed by atoms with E-state index in [4.69, 9.17) is 4.74 Å². The predicted octanol–water partition coefficient (Wildman–Crippen LogP) is 3.35. The Morgan fingerprint density at radius 2 is 1.81 bits per heavy atom. The monoisotopic (exact) mass is 435 g/mol. The minimum absolute atomic E-state index is 0.103. The van der Waals surface area contributed by atoms with Crippen molar-refractivity contribution in [3.8, 4) is 5.75 Å². The van der Waals surface area contributed by atoms with Crippen LogP contribution in [0.5, 0.6) is 5.75 Å². The molecule has 168 valence electrons. The number of H-pyrrole nitrogens is 1. The molecule has 3 aromatic rings. The highest BCUT2D eigenvalue weighted by Gasteiger charge is 2.34. The van der Waals surface area contributed by atoms with Gasteiger partial charge in [-0.2, -0.15) is 0 Å². The smallest absolute Gasteiger partial charge is 0.316 e. The summed E-state index contributed by atoms with van der Waals surface area (Å²) in [6.07, 6.45) is 5.52. The Bertz CT molecular complexity index is 1230. The summed E-state index contributed by atoms with van der Waals surface area (Å²) < 4.78 is 6.71. The molecular weight excluding hydrogens is 406 g/mol. The van der Waals surface area contributed by atoms with E-state index in [1.165, 1.54) is 16.6 Å². The fourth-order valence-corrected chi connectivity index (χ4v) is 4.83. The number of benzene rings is 2. The maximum absolute atomic E-state index is 13.0. The van der Waals surface area contributed by atoms with Crippen LogP contribution < -0.4 is 21.2 Å². The highest BCUT2D eigenvalue weighted by Crippen LogP contribution is 2.39. The van der Waals surface area contributed by atoms with Crippen molar-refractivity contribution >= 4 is 16.9 Å². The van der Waals surface area contributed by atoms with E-state index < -0.39 is 11.1 Å². The summed E-state index contributed by atoms with van der Waals surface area (Å²) in [4.78, 5) is 39.6. The zero-order valence-electron chi connectivity index (χ0n) is 18.6. The van der Waals surface area contributed by atoms with Gasteiger partial charge in [0.2, 0.25) is 0 Å². The van der Waals surface area contributed by atoms with Gasteiger partial charge in [0.25, 0.3) is 5.91 Å². The number of nitrogens with one attached hydrogen (secondary N) is 2. The summed E-state index contributed by atoms with van der Waals surface area (Å²) >= 11 is 0. The summed E-state index contributed by atoms with van der Waals surface area (Å²) in [6.45, 7) is 2.74. The van der Waals surface area contributed by atoms with Crippen molar-refractivity contribution in [2.45, 2.75) is 51.0 Å². The molecule has 0 spiro atoms. The third-order valence-corrected chi connectivity index (χ3v) is 6.65. The zero-order valence-corrected chi connectivity index (χ0v) is 18.6. The van der Waals surface area contributed by atoms with E-state index >= 15 is 0 Å². The molecule has 1 amide bonds. The number of ether oxygens (including phenoxy) is 1. The number of fused-ring (bicyclic) bond motifs is 1. The molecule has 7 heteroatoms. The Balaban J connectivity index is 1.59. The van der Waals surface area contributed by atoms with Crippen molar-refractivity contribution in [1.82, 2.24) is 14.9 Å². The van der Waals surface area contributed by atoms with Crippen LogP contribution in [-0.4, -0.2) is 29.1 Å². The average Bonchev–Trinajstić information content (AvgIpc) is 2.83. The largest absolute Gasteiger partial charge is 0.497 e. The van der Waals surface area contributed by atoms with Gasteiger partial charge in [0.15, 0.2) is 0 Å². The number of hydrogen-bond acceptors (Lipinski definition) is 4. The number of amides is 1. The highest BCUT2D eigenvalue weighted by atomic mass is 16.5. The second kappa shape index (κ2) is 9.02. The van der Waals surface area contributed by atoms with Gasteiger partial charge in [-0.15, -0.1) is 0 Å². The lowest BCUT2D eigenvalue weighted by Gasteiger charge is -2.38. The lowest BCUT2D eigenvalue weighted by atomic mass is 9.69. The molecular formula is C25H29N3O4. The summed E-state index contributed by atoms with van der Waals surface area (Å²) in [5, 5.41) is 3.13. The van der Waals surface area contributed by atoms with E-state index in [1.807, 2.05) is 19.1 Å². The van der Waals surface area contributed by atoms with Gasteiger partial charge >= 0.3 is 11.1 Å². The van der Waals surface area contributed by atoms with E-state index in [1.54, 1.807) is 25.3 Å². The first kappa shape index (κ1) is 21.9. The van der Waals surface area contributed by atoms with E-state index in [2.05, 4.69) is 22.4 Å². The fourth-order valence-electron chi connectivity index (χ4n) is 4.83. The summed E-state index contributed by atoms with van der Waals surface area (Å²) in [5.41, 5.74) is 1.38. The number of aryl methyl sites for hydroxylation is 1. The van der Waals surface area contributed by atoms with Crippen molar-refractivity contribution in [3.63, 3.8) is 0 Å². The van der Waals surface area contributed by atoms with Gasteiger partial charge in [0.05, 0.1) is 18.1 Å². The van der Waals surface area contributed by atoms with Crippen LogP contribution in [0.25, 0.3) is 11.0 Å². The lowest BCUT2D eigenvalue weighted by Crippen LogP contribution is -2.42. The highest BCUT2D eigenvalue weighted by molar-refractivity contribution is 5.97. The molecule has 1 fully saturated rings. The third kappa shape index (κ3) is 4.07. The second-order valence-corrected chi connectivity index (χ2v) is 8.49. The van der Waals surface area contributed by atoms with Gasteiger partial charge < -0.3 is 19.6 Å². The van der Waals surface area contributed by atoms with E-state index in [0.29, 0.717) is 29.7 Å². The van der Waals surface area contributed by atoms with Crippen LogP contribution in [0, 0.1) is 0 Å². The van der Waals surface area contributed by atoms with Crippen LogP contribution in [0.3, 0.4) is 0 Å². The molecule has 4 rings (SSSR count). The molecule has 0 unspecified atom stereocenters. The van der Waals surface area contributed by atoms with Crippen LogP contribution in [0.15, 0.2) is 52.1 Å². The molecule has 0 atom stereocenters. The van der Waals surface area contributed by atoms with Gasteiger partial charge in [-0.3, -0.25) is 14.4 Å². The maximum Gasteiger partial charge on any atom is 0.316 e. The van der Waals surface area contributed by atoms with E-state index in [-0.39, 0.29) is 11.3 Å². The van der Waals surface area contributed by atoms with Crippen molar-refractivity contribution in [3.05, 3.63) is 74.3 Å². The minimum Gasteiger partial charge on any atom is -0.497 e. The van der Waals surface area contributed by atoms with Crippen LogP contribution in [0.1, 0.15) is 54.9 Å². The molecule has 0 bridgehead atoms. The van der Waals surface area contributed by atoms with Gasteiger partial charge in [-0.1, -0.05) is 31.4 Å². The van der Waals surface area contributed by atoms with Crippen LogP contribution in [0.2, 0.25) is 0 Å². The molecule has 1 saturated carbocycles. The number of hydrogen-bond donors (Lipinski definition) is 2. The standard InChI is InChI=1S/C25H29N3O4/c1-3-28-21-12-7-17(15-20(21)27-23(30)24(28)31)22(29)26-16-25(13-5-4-6-14-25)18-8-10-19(32-2)11-9-18/h7-12,15H,3-6,13-14,16H2,1-2H3,(H,26,29)(H,27,30). The number of carbonyl (C=O) groups excluding carboxylic acids is 1. The number of aromatic nitrogens is 2. The van der Waals surface area contributed by atoms with Crippen LogP contribution in [0.4, 0.5) is 0 Å². The molecule has 0 radical (unpaired) electrons. The average molecular weight is 436 g/mol. The third-order valence-electron chi connectivity index (χ3n) is 6.65. The Kier molecular flexibility index (Phi) is 6.17. The fraction of sp³-hybridized carbons (Fsp3) is 0.400. The molecule has 1 aliphatic carbocycles. The Morgan fingerprint density at radius 1 is 1.09 bits per heavy atom. The SMILES string of the molecule is CCn1c(=O)c(=O)[nH]c2cc(C(=O)NCC3(c4ccc(OC)cc4)CCCCC3)ccc21. The van der Waals surface area contributed by atoms with Crippen molar-refractivity contribution < 1.29 is 9.53 Å². The van der Waals surface area contributed by atoms with Gasteiger partial charge in [0.1, 0.15) is 5.75 Å². The molecule has 1 aliphatic rings. The Labute approximate surface area is 186 Å². The van der Waals surface area contributed by atoms with E-state index in [9.17, 15) is 14.4 Å². The van der Waals surface area contributed by atoms with Gasteiger partial charge in [-0.05, 0) is 55.7 Å². The Morgan fingerprint density at radius 3 is 2.47 bits per heavy atom. The molecule has 2 N–H and O–H groups in total. The van der Waals surface area contributed by atoms with Crippen LogP contribution in [-0.2, 0) is 12.0 Å². The van der Waals surface area contributed by atoms with Crippen molar-refractivity contribution in [2.75, 3.05) is 13.7 Å². The van der Waals surface area contributed by atoms with Crippen molar-refractivity contribution in [2.24, 2.45) is 0 Å². The maximum atomic E-state index is 13.0. The topological polar surface area (TPSA) is 93.2 Å². The van der Waals surface area contributed by atoms with Gasteiger partial charge in [0, 0.05) is 24.1 Å². The van der Waals surface area contributed by atoms with Gasteiger partial charge in [-0.25, -0.2) is 0 Å². The number of methoxy groups -OCH3 is 1. The Hall–Kier alpha value is -3.35. The summed E-state index contributed by atoms with van der Waals surface area (Å²) in [6, 6.07) is 13.2. The van der Waals surface area contributed by atoms with E-state index in [0.717, 1.165) is 31.4 Å². The first-order chi connectivity index (χ1) is 15.5. The molecule has 2 aromatic carbocycles. The zero-order chi connectivity index (χ0) is 22.7. The first-order valence-electron chi connectivity index (χ1n) is 11.2.